The number of carbonyl (C=O) groups excluding carboxylic acids is 2. The van der Waals surface area contributed by atoms with E-state index in [0.717, 1.165) is 25.7 Å². The molecule has 3 rings (SSSR count). The van der Waals surface area contributed by atoms with Crippen molar-refractivity contribution in [3.63, 3.8) is 0 Å². The molecule has 1 saturated carbocycles. The normalized spacial score (nSPS) is 20.5. The molecular formula is C15H14BrN3O2. The van der Waals surface area contributed by atoms with E-state index in [1.165, 1.54) is 5.01 Å². The smallest absolute Gasteiger partial charge is 0.252 e. The Morgan fingerprint density at radius 3 is 2.67 bits per heavy atom. The molecule has 1 aromatic carbocycles. The molecule has 0 aromatic heterocycles. The highest BCUT2D eigenvalue weighted by Gasteiger charge is 2.49. The van der Waals surface area contributed by atoms with Crippen LogP contribution in [-0.4, -0.2) is 11.8 Å². The molecule has 0 radical (unpaired) electrons. The van der Waals surface area contributed by atoms with Crippen molar-refractivity contribution < 1.29 is 9.59 Å². The molecule has 1 N–H and O–H groups in total. The van der Waals surface area contributed by atoms with Crippen molar-refractivity contribution in [2.45, 2.75) is 32.1 Å². The second kappa shape index (κ2) is 5.15. The van der Waals surface area contributed by atoms with E-state index < -0.39 is 5.41 Å². The predicted molar refractivity (Wildman–Crippen MR) is 80.0 cm³/mol. The lowest BCUT2D eigenvalue weighted by atomic mass is 9.80. The van der Waals surface area contributed by atoms with Crippen molar-refractivity contribution in [2.75, 3.05) is 5.01 Å². The van der Waals surface area contributed by atoms with E-state index in [1.807, 2.05) is 6.07 Å². The predicted octanol–water partition coefficient (Wildman–Crippen LogP) is 2.65. The van der Waals surface area contributed by atoms with Crippen molar-refractivity contribution in [3.05, 3.63) is 28.2 Å². The lowest BCUT2D eigenvalue weighted by molar-refractivity contribution is -0.140. The Morgan fingerprint density at radius 1 is 1.29 bits per heavy atom. The monoisotopic (exact) mass is 347 g/mol. The molecule has 1 aliphatic carbocycles. The molecule has 0 atom stereocenters. The van der Waals surface area contributed by atoms with E-state index in [2.05, 4.69) is 21.4 Å². The van der Waals surface area contributed by atoms with Crippen LogP contribution in [0.3, 0.4) is 0 Å². The first-order valence-corrected chi connectivity index (χ1v) is 7.69. The highest BCUT2D eigenvalue weighted by molar-refractivity contribution is 9.10. The summed E-state index contributed by atoms with van der Waals surface area (Å²) in [5, 5.41) is 10.3. The molecule has 0 unspecified atom stereocenters. The van der Waals surface area contributed by atoms with E-state index in [9.17, 15) is 9.59 Å². The topological polar surface area (TPSA) is 73.2 Å². The maximum atomic E-state index is 12.9. The first kappa shape index (κ1) is 14.1. The number of rotatable bonds is 1. The summed E-state index contributed by atoms with van der Waals surface area (Å²) in [5.74, 6) is -0.221. The van der Waals surface area contributed by atoms with Gasteiger partial charge in [-0.1, -0.05) is 12.8 Å². The van der Waals surface area contributed by atoms with Crippen molar-refractivity contribution in [1.29, 1.82) is 5.26 Å². The van der Waals surface area contributed by atoms with Gasteiger partial charge in [-0.2, -0.15) is 5.26 Å². The van der Waals surface area contributed by atoms with Gasteiger partial charge in [-0.05, 0) is 47.0 Å². The molecule has 1 spiro atoms. The molecule has 1 heterocycles. The minimum atomic E-state index is -0.565. The molecule has 6 heteroatoms. The molecule has 21 heavy (non-hydrogen) atoms. The van der Waals surface area contributed by atoms with Crippen LogP contribution >= 0.6 is 15.9 Å². The Labute approximate surface area is 131 Å². The molecule has 2 fully saturated rings. The average Bonchev–Trinajstić information content (AvgIpc) is 2.93. The Bertz CT molecular complexity index is 659. The number of hydrazine groups is 1. The number of benzene rings is 1. The molecular weight excluding hydrogens is 334 g/mol. The van der Waals surface area contributed by atoms with E-state index in [1.54, 1.807) is 18.2 Å². The number of anilines is 1. The van der Waals surface area contributed by atoms with E-state index in [-0.39, 0.29) is 18.2 Å². The highest BCUT2D eigenvalue weighted by Crippen LogP contribution is 2.45. The largest absolute Gasteiger partial charge is 0.273 e. The first-order chi connectivity index (χ1) is 10.1. The zero-order valence-corrected chi connectivity index (χ0v) is 12.9. The Hall–Kier alpha value is -1.87. The molecule has 108 valence electrons. The second-order valence-corrected chi connectivity index (χ2v) is 6.47. The van der Waals surface area contributed by atoms with Gasteiger partial charge in [0.2, 0.25) is 5.91 Å². The molecule has 1 aliphatic heterocycles. The molecule has 2 aliphatic rings. The van der Waals surface area contributed by atoms with Crippen molar-refractivity contribution in [3.8, 4) is 6.07 Å². The summed E-state index contributed by atoms with van der Waals surface area (Å²) in [6.07, 6.45) is 3.73. The summed E-state index contributed by atoms with van der Waals surface area (Å²) < 4.78 is 0.671. The van der Waals surface area contributed by atoms with Gasteiger partial charge < -0.3 is 0 Å². The summed E-state index contributed by atoms with van der Waals surface area (Å²) in [4.78, 5) is 24.9. The van der Waals surface area contributed by atoms with Crippen LogP contribution < -0.4 is 10.4 Å². The van der Waals surface area contributed by atoms with Crippen LogP contribution in [0.4, 0.5) is 5.69 Å². The third kappa shape index (κ3) is 2.32. The average molecular weight is 348 g/mol. The van der Waals surface area contributed by atoms with Gasteiger partial charge in [0.05, 0.1) is 22.7 Å². The first-order valence-electron chi connectivity index (χ1n) is 6.89. The van der Waals surface area contributed by atoms with Crippen molar-refractivity contribution in [2.24, 2.45) is 5.41 Å². The van der Waals surface area contributed by atoms with Crippen LogP contribution in [0, 0.1) is 16.7 Å². The summed E-state index contributed by atoms with van der Waals surface area (Å²) in [5.41, 5.74) is 3.02. The van der Waals surface area contributed by atoms with Crippen LogP contribution in [0.2, 0.25) is 0 Å². The maximum absolute atomic E-state index is 12.9. The minimum Gasteiger partial charge on any atom is -0.273 e. The van der Waals surface area contributed by atoms with Gasteiger partial charge >= 0.3 is 0 Å². The van der Waals surface area contributed by atoms with Crippen molar-refractivity contribution in [1.82, 2.24) is 5.43 Å². The fourth-order valence-electron chi connectivity index (χ4n) is 3.20. The molecule has 1 aromatic rings. The standard InChI is InChI=1S/C15H14BrN3O2/c16-11-4-3-10(9-17)7-12(11)19-14(21)15(5-1-2-6-15)8-13(20)18-19/h3-4,7H,1-2,5-6,8H2,(H,18,20). The van der Waals surface area contributed by atoms with Gasteiger partial charge in [0.25, 0.3) is 5.91 Å². The Morgan fingerprint density at radius 2 is 2.00 bits per heavy atom. The molecule has 5 nitrogen and oxygen atoms in total. The molecule has 0 bridgehead atoms. The van der Waals surface area contributed by atoms with E-state index in [0.29, 0.717) is 15.7 Å². The number of amides is 2. The summed E-state index contributed by atoms with van der Waals surface area (Å²) in [6, 6.07) is 7.03. The van der Waals surface area contributed by atoms with Gasteiger partial charge in [-0.25, -0.2) is 5.01 Å². The van der Waals surface area contributed by atoms with Gasteiger partial charge in [0.15, 0.2) is 0 Å². The van der Waals surface area contributed by atoms with E-state index >= 15 is 0 Å². The zero-order chi connectivity index (χ0) is 15.0. The fourth-order valence-corrected chi connectivity index (χ4v) is 3.62. The quantitative estimate of drug-likeness (QED) is 0.848. The van der Waals surface area contributed by atoms with Gasteiger partial charge in [0.1, 0.15) is 0 Å². The second-order valence-electron chi connectivity index (χ2n) is 5.62. The number of carbonyl (C=O) groups is 2. The van der Waals surface area contributed by atoms with Crippen LogP contribution in [0.25, 0.3) is 0 Å². The van der Waals surface area contributed by atoms with E-state index in [4.69, 9.17) is 5.26 Å². The summed E-state index contributed by atoms with van der Waals surface area (Å²) >= 11 is 3.39. The summed E-state index contributed by atoms with van der Waals surface area (Å²) in [6.45, 7) is 0. The summed E-state index contributed by atoms with van der Waals surface area (Å²) in [7, 11) is 0. The lowest BCUT2D eigenvalue weighted by Gasteiger charge is -2.39. The Kier molecular flexibility index (Phi) is 3.46. The van der Waals surface area contributed by atoms with Crippen molar-refractivity contribution >= 4 is 33.4 Å². The minimum absolute atomic E-state index is 0.0737. The van der Waals surface area contributed by atoms with Gasteiger partial charge in [0, 0.05) is 10.9 Å². The Balaban J connectivity index is 2.03. The third-order valence-corrected chi connectivity index (χ3v) is 4.94. The number of nitrogens with one attached hydrogen (secondary N) is 1. The number of hydrogen-bond donors (Lipinski definition) is 1. The number of nitriles is 1. The van der Waals surface area contributed by atoms with Gasteiger partial charge in [-0.15, -0.1) is 0 Å². The van der Waals surface area contributed by atoms with Crippen LogP contribution in [0.5, 0.6) is 0 Å². The zero-order valence-electron chi connectivity index (χ0n) is 11.4. The fraction of sp³-hybridized carbons (Fsp3) is 0.400. The van der Waals surface area contributed by atoms with Crippen LogP contribution in [0.15, 0.2) is 22.7 Å². The highest BCUT2D eigenvalue weighted by atomic mass is 79.9. The SMILES string of the molecule is N#Cc1ccc(Br)c(N2NC(=O)CC3(CCCC3)C2=O)c1. The van der Waals surface area contributed by atoms with Crippen LogP contribution in [-0.2, 0) is 9.59 Å². The van der Waals surface area contributed by atoms with Crippen LogP contribution in [0.1, 0.15) is 37.7 Å². The number of nitrogens with zero attached hydrogens (tertiary/aromatic N) is 2. The number of halogens is 1. The number of hydrogen-bond acceptors (Lipinski definition) is 3. The lowest BCUT2D eigenvalue weighted by Crippen LogP contribution is -2.59. The maximum Gasteiger partial charge on any atom is 0.252 e. The third-order valence-electron chi connectivity index (χ3n) is 4.27. The molecule has 2 amide bonds. The molecule has 1 saturated heterocycles. The van der Waals surface area contributed by atoms with Gasteiger partial charge in [-0.3, -0.25) is 15.0 Å².